The van der Waals surface area contributed by atoms with Crippen molar-refractivity contribution in [3.8, 4) is 6.07 Å². The molecule has 0 spiro atoms. The van der Waals surface area contributed by atoms with E-state index >= 15 is 0 Å². The third kappa shape index (κ3) is 2.91. The van der Waals surface area contributed by atoms with Crippen LogP contribution in [0.2, 0.25) is 0 Å². The highest BCUT2D eigenvalue weighted by Gasteiger charge is 2.56. The van der Waals surface area contributed by atoms with Crippen molar-refractivity contribution in [1.29, 1.82) is 5.26 Å². The third-order valence-corrected chi connectivity index (χ3v) is 7.34. The van der Waals surface area contributed by atoms with Crippen LogP contribution in [0.1, 0.15) is 37.8 Å². The van der Waals surface area contributed by atoms with Gasteiger partial charge in [-0.05, 0) is 38.2 Å². The minimum Gasteiger partial charge on any atom is -0.330 e. The van der Waals surface area contributed by atoms with Gasteiger partial charge >= 0.3 is 0 Å². The first-order chi connectivity index (χ1) is 14.4. The summed E-state index contributed by atoms with van der Waals surface area (Å²) in [5.41, 5.74) is 6.76. The highest BCUT2D eigenvalue weighted by molar-refractivity contribution is 5.87. The lowest BCUT2D eigenvalue weighted by Crippen LogP contribution is -2.57. The van der Waals surface area contributed by atoms with Crippen LogP contribution in [0, 0.1) is 23.1 Å². The van der Waals surface area contributed by atoms with E-state index < -0.39 is 6.04 Å². The minimum absolute atomic E-state index is 0.00846. The van der Waals surface area contributed by atoms with E-state index in [0.717, 1.165) is 12.8 Å². The number of halogens is 1. The largest absolute Gasteiger partial charge is 0.330 e. The van der Waals surface area contributed by atoms with Crippen LogP contribution in [0.15, 0.2) is 24.3 Å². The number of amides is 2. The summed E-state index contributed by atoms with van der Waals surface area (Å²) in [6, 6.07) is 7.17. The van der Waals surface area contributed by atoms with Crippen molar-refractivity contribution in [2.75, 3.05) is 13.1 Å². The van der Waals surface area contributed by atoms with Crippen LogP contribution in [0.5, 0.6) is 0 Å². The monoisotopic (exact) mass is 411 g/mol. The number of carbonyl (C=O) groups excluding carboxylic acids is 2. The topological polar surface area (TPSA) is 93.7 Å². The molecule has 5 rings (SSSR count). The van der Waals surface area contributed by atoms with E-state index in [0.29, 0.717) is 31.0 Å². The number of hydrogen-bond donors (Lipinski definition) is 1. The number of likely N-dealkylation sites (tertiary alicyclic amines) is 3. The van der Waals surface area contributed by atoms with E-state index in [2.05, 4.69) is 6.07 Å². The lowest BCUT2D eigenvalue weighted by Gasteiger charge is -2.38. The number of fused-ring (bicyclic) bond motifs is 3. The molecule has 2 N–H and O–H groups in total. The number of nitrogens with two attached hydrogens (primary N) is 1. The number of hydrogen-bond acceptors (Lipinski definition) is 5. The zero-order chi connectivity index (χ0) is 21.2. The van der Waals surface area contributed by atoms with Crippen molar-refractivity contribution < 1.29 is 14.0 Å². The van der Waals surface area contributed by atoms with Crippen molar-refractivity contribution in [2.45, 2.75) is 62.4 Å². The molecule has 4 fully saturated rings. The van der Waals surface area contributed by atoms with Gasteiger partial charge in [-0.2, -0.15) is 5.26 Å². The summed E-state index contributed by atoms with van der Waals surface area (Å²) < 4.78 is 14.2. The Morgan fingerprint density at radius 1 is 1.33 bits per heavy atom. The second kappa shape index (κ2) is 7.03. The van der Waals surface area contributed by atoms with Crippen molar-refractivity contribution in [3.05, 3.63) is 35.6 Å². The maximum absolute atomic E-state index is 14.2. The highest BCUT2D eigenvalue weighted by Crippen LogP contribution is 2.48. The molecule has 7 nitrogen and oxygen atoms in total. The van der Waals surface area contributed by atoms with Crippen LogP contribution < -0.4 is 5.73 Å². The predicted octanol–water partition coefficient (Wildman–Crippen LogP) is 1.01. The molecular formula is C22H26FN5O2. The average molecular weight is 411 g/mol. The summed E-state index contributed by atoms with van der Waals surface area (Å²) in [7, 11) is 0. The Kier molecular flexibility index (Phi) is 4.56. The zero-order valence-electron chi connectivity index (χ0n) is 16.9. The van der Waals surface area contributed by atoms with Crippen LogP contribution in [0.25, 0.3) is 0 Å². The van der Waals surface area contributed by atoms with Crippen molar-refractivity contribution in [3.63, 3.8) is 0 Å². The van der Waals surface area contributed by atoms with E-state index in [1.165, 1.54) is 6.07 Å². The van der Waals surface area contributed by atoms with E-state index in [-0.39, 0.29) is 47.8 Å². The summed E-state index contributed by atoms with van der Waals surface area (Å²) >= 11 is 0. The Bertz CT molecular complexity index is 932. The van der Waals surface area contributed by atoms with Crippen LogP contribution in [-0.2, 0) is 9.59 Å². The van der Waals surface area contributed by atoms with Gasteiger partial charge in [0, 0.05) is 30.7 Å². The van der Waals surface area contributed by atoms with E-state index in [1.54, 1.807) is 28.0 Å². The first-order valence-electron chi connectivity index (χ1n) is 10.7. The maximum Gasteiger partial charge on any atom is 0.242 e. The molecule has 0 radical (unpaired) electrons. The second-order valence-corrected chi connectivity index (χ2v) is 9.10. The molecule has 3 aliphatic heterocycles. The summed E-state index contributed by atoms with van der Waals surface area (Å²) in [6.45, 7) is 2.79. The lowest BCUT2D eigenvalue weighted by molar-refractivity contribution is -0.141. The van der Waals surface area contributed by atoms with Gasteiger partial charge in [0.25, 0.3) is 0 Å². The number of nitrogens with zero attached hydrogens (tertiary/aromatic N) is 4. The van der Waals surface area contributed by atoms with Crippen LogP contribution in [0.4, 0.5) is 4.39 Å². The van der Waals surface area contributed by atoms with Crippen LogP contribution in [-0.4, -0.2) is 69.8 Å². The molecular weight excluding hydrogens is 385 g/mol. The molecule has 30 heavy (non-hydrogen) atoms. The van der Waals surface area contributed by atoms with Crippen LogP contribution in [0.3, 0.4) is 0 Å². The first kappa shape index (κ1) is 19.5. The fourth-order valence-electron chi connectivity index (χ4n) is 5.77. The Morgan fingerprint density at radius 2 is 2.10 bits per heavy atom. The first-order valence-corrected chi connectivity index (χ1v) is 10.7. The molecule has 2 bridgehead atoms. The van der Waals surface area contributed by atoms with Gasteiger partial charge < -0.3 is 15.5 Å². The number of carbonyl (C=O) groups is 2. The molecule has 1 saturated carbocycles. The molecule has 1 aliphatic carbocycles. The summed E-state index contributed by atoms with van der Waals surface area (Å²) in [4.78, 5) is 31.4. The minimum atomic E-state index is -0.746. The van der Waals surface area contributed by atoms with Gasteiger partial charge in [-0.15, -0.1) is 0 Å². The summed E-state index contributed by atoms with van der Waals surface area (Å²) in [5.74, 6) is -0.0666. The standard InChI is InChI=1S/C22H26FN5O2/c1-12(16-4-2-3-5-17(16)23)27-15-8-20(22(27)30)26(10-15)11-18(25)21(29)28-14(9-24)6-13-7-19(13)28/h2-5,12-15,18-20H,6-8,10-11,25H2,1H3/t12-,13-,14+,15?,18+,19?,20+/m1/s1. The summed E-state index contributed by atoms with van der Waals surface area (Å²) in [6.07, 6.45) is 2.38. The quantitative estimate of drug-likeness (QED) is 0.781. The summed E-state index contributed by atoms with van der Waals surface area (Å²) in [5, 5.41) is 9.33. The molecule has 3 saturated heterocycles. The SMILES string of the molecule is C[C@H](c1ccccc1F)N1C(=O)[C@@H]2CC1CN2C[C@H](N)C(=O)N1C2C[C@H]2C[C@H]1C#N. The third-order valence-electron chi connectivity index (χ3n) is 7.34. The molecule has 0 aromatic heterocycles. The average Bonchev–Trinajstić information content (AvgIpc) is 3.07. The second-order valence-electron chi connectivity index (χ2n) is 9.10. The molecule has 4 aliphatic rings. The molecule has 8 heteroatoms. The van der Waals surface area contributed by atoms with Gasteiger partial charge in [-0.25, -0.2) is 4.39 Å². The molecule has 7 atom stereocenters. The van der Waals surface area contributed by atoms with Crippen molar-refractivity contribution >= 4 is 11.8 Å². The Labute approximate surface area is 175 Å². The number of piperidine rings is 1. The molecule has 158 valence electrons. The Morgan fingerprint density at radius 3 is 2.80 bits per heavy atom. The Balaban J connectivity index is 1.24. The number of nitriles is 1. The van der Waals surface area contributed by atoms with Gasteiger partial charge in [0.15, 0.2) is 0 Å². The van der Waals surface area contributed by atoms with Gasteiger partial charge in [0.05, 0.1) is 24.2 Å². The molecule has 3 heterocycles. The number of piperazine rings is 1. The highest BCUT2D eigenvalue weighted by atomic mass is 19.1. The van der Waals surface area contributed by atoms with Gasteiger partial charge in [0.2, 0.25) is 11.8 Å². The number of rotatable bonds is 5. The van der Waals surface area contributed by atoms with Gasteiger partial charge in [-0.1, -0.05) is 18.2 Å². The zero-order valence-corrected chi connectivity index (χ0v) is 16.9. The maximum atomic E-state index is 14.2. The van der Waals surface area contributed by atoms with E-state index in [1.807, 2.05) is 11.8 Å². The van der Waals surface area contributed by atoms with E-state index in [9.17, 15) is 19.2 Å². The fourth-order valence-corrected chi connectivity index (χ4v) is 5.77. The fraction of sp³-hybridized carbons (Fsp3) is 0.591. The van der Waals surface area contributed by atoms with Gasteiger partial charge in [-0.3, -0.25) is 14.5 Å². The lowest BCUT2D eigenvalue weighted by atomic mass is 10.0. The van der Waals surface area contributed by atoms with Crippen LogP contribution >= 0.6 is 0 Å². The smallest absolute Gasteiger partial charge is 0.242 e. The van der Waals surface area contributed by atoms with Crippen molar-refractivity contribution in [1.82, 2.24) is 14.7 Å². The molecule has 2 amide bonds. The molecule has 2 unspecified atom stereocenters. The van der Waals surface area contributed by atoms with Gasteiger partial charge in [0.1, 0.15) is 11.9 Å². The predicted molar refractivity (Wildman–Crippen MR) is 106 cm³/mol. The Hall–Kier alpha value is -2.50. The molecule has 1 aromatic rings. The normalized spacial score (nSPS) is 34.1. The van der Waals surface area contributed by atoms with Crippen molar-refractivity contribution in [2.24, 2.45) is 11.7 Å². The van der Waals surface area contributed by atoms with E-state index in [4.69, 9.17) is 5.73 Å². The molecule has 1 aromatic carbocycles. The number of benzene rings is 1.